The predicted octanol–water partition coefficient (Wildman–Crippen LogP) is -0.195. The van der Waals surface area contributed by atoms with Crippen molar-refractivity contribution in [1.82, 2.24) is 0 Å². The Morgan fingerprint density at radius 3 is 2.15 bits per heavy atom. The highest BCUT2D eigenvalue weighted by molar-refractivity contribution is 4.34. The van der Waals surface area contributed by atoms with Gasteiger partial charge in [-0.25, -0.2) is 0 Å². The van der Waals surface area contributed by atoms with Gasteiger partial charge in [-0.2, -0.15) is 5.11 Å². The Bertz CT molecular complexity index is 96.5. The summed E-state index contributed by atoms with van der Waals surface area (Å²) in [5, 5.41) is 18.4. The molecule has 0 saturated heterocycles. The van der Waals surface area contributed by atoms with E-state index in [0.717, 1.165) is 0 Å². The van der Waals surface area contributed by atoms with E-state index >= 15 is 0 Å². The minimum absolute atomic E-state index is 0.186. The first-order valence-corrected chi connectivity index (χ1v) is 4.34. The van der Waals surface area contributed by atoms with Gasteiger partial charge in [0, 0.05) is 6.61 Å². The van der Waals surface area contributed by atoms with Crippen molar-refractivity contribution in [3.8, 4) is 0 Å². The van der Waals surface area contributed by atoms with Crippen LogP contribution in [0.3, 0.4) is 0 Å². The molecule has 5 nitrogen and oxygen atoms in total. The summed E-state index contributed by atoms with van der Waals surface area (Å²) in [5.74, 6) is 0. The summed E-state index contributed by atoms with van der Waals surface area (Å²) in [5.41, 5.74) is 0. The lowest BCUT2D eigenvalue weighted by Crippen LogP contribution is -2.15. The van der Waals surface area contributed by atoms with Crippen LogP contribution >= 0.6 is 0 Å². The second-order valence-corrected chi connectivity index (χ2v) is 2.34. The highest BCUT2D eigenvalue weighted by atomic mass is 16.6. The molecule has 0 aliphatic rings. The van der Waals surface area contributed by atoms with Crippen LogP contribution in [0.25, 0.3) is 0 Å². The fourth-order valence-corrected chi connectivity index (χ4v) is 0.666. The van der Waals surface area contributed by atoms with Crippen LogP contribution in [0.15, 0.2) is 0 Å². The van der Waals surface area contributed by atoms with Gasteiger partial charge < -0.3 is 19.3 Å². The zero-order chi connectivity index (χ0) is 9.94. The third kappa shape index (κ3) is 11.8. The molecule has 0 aliphatic carbocycles. The second-order valence-electron chi connectivity index (χ2n) is 2.34. The van der Waals surface area contributed by atoms with Crippen LogP contribution in [-0.4, -0.2) is 51.0 Å². The van der Waals surface area contributed by atoms with Crippen molar-refractivity contribution < 1.29 is 24.4 Å². The smallest absolute Gasteiger partial charge is 0.212 e. The molecular weight excluding hydrogens is 176 g/mol. The van der Waals surface area contributed by atoms with Crippen molar-refractivity contribution in [3.05, 3.63) is 0 Å². The molecule has 1 atom stereocenters. The Kier molecular flexibility index (Phi) is 9.73. The topological polar surface area (TPSA) is 67.8 Å². The Labute approximate surface area is 78.2 Å². The Hall–Kier alpha value is -0.200. The van der Waals surface area contributed by atoms with E-state index in [4.69, 9.17) is 19.3 Å². The molecule has 0 saturated carbocycles. The number of hydrogen-bond donors (Lipinski definition) is 1. The molecule has 5 heteroatoms. The normalized spacial score (nSPS) is 11.1. The van der Waals surface area contributed by atoms with Crippen LogP contribution < -0.4 is 0 Å². The third-order valence-corrected chi connectivity index (χ3v) is 1.21. The minimum Gasteiger partial charge on any atom is -0.379 e. The zero-order valence-electron chi connectivity index (χ0n) is 7.90. The predicted molar refractivity (Wildman–Crippen MR) is 44.8 cm³/mol. The van der Waals surface area contributed by atoms with Crippen molar-refractivity contribution in [3.63, 3.8) is 0 Å². The number of hydrogen-bond acceptors (Lipinski definition) is 4. The fraction of sp³-hybridized carbons (Fsp3) is 1.00. The zero-order valence-corrected chi connectivity index (χ0v) is 7.90. The van der Waals surface area contributed by atoms with E-state index in [0.29, 0.717) is 33.0 Å². The lowest BCUT2D eigenvalue weighted by atomic mass is 10.6. The van der Waals surface area contributed by atoms with Gasteiger partial charge in [0.25, 0.3) is 0 Å². The van der Waals surface area contributed by atoms with Gasteiger partial charge in [-0.15, -0.1) is 0 Å². The molecule has 0 aromatic carbocycles. The monoisotopic (exact) mass is 193 g/mol. The minimum atomic E-state index is -1.65. The van der Waals surface area contributed by atoms with Crippen LogP contribution in [0.1, 0.15) is 6.92 Å². The summed E-state index contributed by atoms with van der Waals surface area (Å²) in [7, 11) is 0. The quantitative estimate of drug-likeness (QED) is 0.407. The molecule has 79 valence electrons. The number of rotatable bonds is 9. The van der Waals surface area contributed by atoms with Crippen LogP contribution in [0.2, 0.25) is 0 Å². The largest absolute Gasteiger partial charge is 0.379 e. The fourth-order valence-electron chi connectivity index (χ4n) is 0.666. The van der Waals surface area contributed by atoms with Gasteiger partial charge in [0.2, 0.25) is 6.29 Å². The Balaban J connectivity index is 2.84. The molecule has 0 spiro atoms. The summed E-state index contributed by atoms with van der Waals surface area (Å²) < 4.78 is 14.9. The third-order valence-electron chi connectivity index (χ3n) is 1.21. The molecule has 0 rings (SSSR count). The van der Waals surface area contributed by atoms with Gasteiger partial charge in [-0.3, -0.25) is 0 Å². The highest BCUT2D eigenvalue weighted by Crippen LogP contribution is 1.83. The van der Waals surface area contributed by atoms with Crippen molar-refractivity contribution in [2.45, 2.75) is 13.2 Å². The van der Waals surface area contributed by atoms with Crippen molar-refractivity contribution in [2.75, 3.05) is 39.6 Å². The van der Waals surface area contributed by atoms with Crippen molar-refractivity contribution >= 4 is 0 Å². The molecule has 0 aromatic heterocycles. The summed E-state index contributed by atoms with van der Waals surface area (Å²) in [6.07, 6.45) is -1.65. The summed E-state index contributed by atoms with van der Waals surface area (Å²) in [6.45, 7) is 4.25. The van der Waals surface area contributed by atoms with Crippen molar-refractivity contribution in [2.24, 2.45) is 0 Å². The number of aliphatic hydroxyl groups is 1. The van der Waals surface area contributed by atoms with Gasteiger partial charge >= 0.3 is 0 Å². The molecule has 1 radical (unpaired) electrons. The van der Waals surface area contributed by atoms with Gasteiger partial charge in [0.05, 0.1) is 26.4 Å². The Morgan fingerprint density at radius 2 is 1.62 bits per heavy atom. The highest BCUT2D eigenvalue weighted by Gasteiger charge is 1.97. The molecule has 13 heavy (non-hydrogen) atoms. The maximum Gasteiger partial charge on any atom is 0.212 e. The molecule has 0 heterocycles. The van der Waals surface area contributed by atoms with Crippen LogP contribution in [-0.2, 0) is 19.3 Å². The summed E-state index contributed by atoms with van der Waals surface area (Å²) >= 11 is 0. The summed E-state index contributed by atoms with van der Waals surface area (Å²) in [6, 6.07) is 0. The molecule has 0 aliphatic heterocycles. The first-order chi connectivity index (χ1) is 6.27. The molecule has 1 N–H and O–H groups in total. The van der Waals surface area contributed by atoms with Gasteiger partial charge in [0.1, 0.15) is 6.61 Å². The number of aliphatic hydroxyl groups excluding tert-OH is 1. The maximum atomic E-state index is 10.1. The van der Waals surface area contributed by atoms with Gasteiger partial charge in [-0.1, -0.05) is 0 Å². The van der Waals surface area contributed by atoms with E-state index in [-0.39, 0.29) is 6.61 Å². The SMILES string of the molecule is CCOCCOCCOCC([O])O. The molecule has 0 aromatic rings. The summed E-state index contributed by atoms with van der Waals surface area (Å²) in [4.78, 5) is 0. The number of ether oxygens (including phenoxy) is 3. The molecule has 0 fully saturated rings. The maximum absolute atomic E-state index is 10.1. The van der Waals surface area contributed by atoms with E-state index in [9.17, 15) is 5.11 Å². The standard InChI is InChI=1S/C8H17O5/c1-2-11-3-4-12-5-6-13-7-8(9)10/h8-9H,2-7H2,1H3. The Morgan fingerprint density at radius 1 is 1.08 bits per heavy atom. The van der Waals surface area contributed by atoms with E-state index in [1.807, 2.05) is 6.92 Å². The van der Waals surface area contributed by atoms with Crippen LogP contribution in [0.5, 0.6) is 0 Å². The average Bonchev–Trinajstić information content (AvgIpc) is 2.09. The first-order valence-electron chi connectivity index (χ1n) is 4.34. The molecular formula is C8H17O5. The molecule has 1 unspecified atom stereocenters. The van der Waals surface area contributed by atoms with Crippen molar-refractivity contribution in [1.29, 1.82) is 0 Å². The van der Waals surface area contributed by atoms with E-state index in [1.54, 1.807) is 0 Å². The van der Waals surface area contributed by atoms with Crippen LogP contribution in [0.4, 0.5) is 0 Å². The van der Waals surface area contributed by atoms with E-state index in [2.05, 4.69) is 0 Å². The van der Waals surface area contributed by atoms with Gasteiger partial charge in [0.15, 0.2) is 0 Å². The second kappa shape index (κ2) is 9.88. The van der Waals surface area contributed by atoms with E-state index in [1.165, 1.54) is 0 Å². The first kappa shape index (κ1) is 12.8. The molecule has 0 bridgehead atoms. The lowest BCUT2D eigenvalue weighted by Gasteiger charge is -2.05. The average molecular weight is 193 g/mol. The van der Waals surface area contributed by atoms with Crippen LogP contribution in [0, 0.1) is 0 Å². The lowest BCUT2D eigenvalue weighted by molar-refractivity contribution is -0.138. The van der Waals surface area contributed by atoms with E-state index < -0.39 is 6.29 Å². The van der Waals surface area contributed by atoms with Gasteiger partial charge in [-0.05, 0) is 6.92 Å². The molecule has 0 amide bonds.